The Hall–Kier alpha value is -1.47. The molecule has 0 heterocycles. The van der Waals surface area contributed by atoms with Gasteiger partial charge in [0.2, 0.25) is 10.0 Å². The van der Waals surface area contributed by atoms with Crippen LogP contribution in [0.3, 0.4) is 0 Å². The van der Waals surface area contributed by atoms with Gasteiger partial charge in [-0.15, -0.1) is 0 Å². The molecule has 1 aromatic carbocycles. The van der Waals surface area contributed by atoms with Gasteiger partial charge in [-0.2, -0.15) is 0 Å². The van der Waals surface area contributed by atoms with Crippen molar-refractivity contribution >= 4 is 16.0 Å². The van der Waals surface area contributed by atoms with Gasteiger partial charge < -0.3 is 5.11 Å². The van der Waals surface area contributed by atoms with E-state index in [0.29, 0.717) is 5.56 Å². The molecule has 18 heavy (non-hydrogen) atoms. The molecule has 0 saturated carbocycles. The summed E-state index contributed by atoms with van der Waals surface area (Å²) in [7, 11) is -3.81. The maximum absolute atomic E-state index is 13.2. The van der Waals surface area contributed by atoms with Gasteiger partial charge in [-0.1, -0.05) is 12.1 Å². The third-order valence-electron chi connectivity index (χ3n) is 2.32. The Kier molecular flexibility index (Phi) is 4.42. The van der Waals surface area contributed by atoms with Crippen molar-refractivity contribution in [1.82, 2.24) is 4.72 Å². The second-order valence-electron chi connectivity index (χ2n) is 4.02. The number of benzene rings is 1. The Morgan fingerprint density at radius 3 is 2.61 bits per heavy atom. The lowest BCUT2D eigenvalue weighted by Crippen LogP contribution is -2.38. The molecule has 0 aliphatic heterocycles. The standard InChI is InChI=1S/C11H14FNO4S/c1-7-3-4-9(5-10(7)12)6-18(16,17)13-8(2)11(14)15/h3-5,8,13H,6H2,1-2H3,(H,14,15)/t8-/m0/s1. The van der Waals surface area contributed by atoms with Gasteiger partial charge in [0.05, 0.1) is 5.75 Å². The van der Waals surface area contributed by atoms with Gasteiger partial charge in [0.1, 0.15) is 11.9 Å². The molecule has 1 aromatic rings. The minimum Gasteiger partial charge on any atom is -0.480 e. The molecular formula is C11H14FNO4S. The summed E-state index contributed by atoms with van der Waals surface area (Å²) in [6.45, 7) is 2.79. The van der Waals surface area contributed by atoms with Crippen LogP contribution in [0.15, 0.2) is 18.2 Å². The smallest absolute Gasteiger partial charge is 0.321 e. The first-order valence-corrected chi connectivity index (χ1v) is 6.84. The molecule has 0 radical (unpaired) electrons. The predicted octanol–water partition coefficient (Wildman–Crippen LogP) is 1.03. The highest BCUT2D eigenvalue weighted by atomic mass is 32.2. The molecule has 7 heteroatoms. The molecule has 0 bridgehead atoms. The Morgan fingerprint density at radius 2 is 2.11 bits per heavy atom. The fourth-order valence-corrected chi connectivity index (χ4v) is 2.65. The van der Waals surface area contributed by atoms with Crippen LogP contribution >= 0.6 is 0 Å². The highest BCUT2D eigenvalue weighted by molar-refractivity contribution is 7.88. The fraction of sp³-hybridized carbons (Fsp3) is 0.364. The third kappa shape index (κ3) is 4.08. The number of carboxylic acids is 1. The lowest BCUT2D eigenvalue weighted by Gasteiger charge is -2.10. The van der Waals surface area contributed by atoms with Crippen LogP contribution < -0.4 is 4.72 Å². The second-order valence-corrected chi connectivity index (χ2v) is 5.77. The summed E-state index contributed by atoms with van der Waals surface area (Å²) in [4.78, 5) is 10.5. The zero-order chi connectivity index (χ0) is 13.9. The molecule has 100 valence electrons. The fourth-order valence-electron chi connectivity index (χ4n) is 1.31. The maximum Gasteiger partial charge on any atom is 0.321 e. The number of hydrogen-bond donors (Lipinski definition) is 2. The molecule has 0 spiro atoms. The number of carbonyl (C=O) groups is 1. The van der Waals surface area contributed by atoms with Crippen LogP contribution in [-0.2, 0) is 20.6 Å². The molecule has 0 aliphatic rings. The average Bonchev–Trinajstić information content (AvgIpc) is 2.22. The zero-order valence-electron chi connectivity index (χ0n) is 9.97. The lowest BCUT2D eigenvalue weighted by molar-refractivity contribution is -0.138. The van der Waals surface area contributed by atoms with Crippen molar-refractivity contribution in [2.75, 3.05) is 0 Å². The number of aryl methyl sites for hydroxylation is 1. The summed E-state index contributed by atoms with van der Waals surface area (Å²) in [6, 6.07) is 2.87. The van der Waals surface area contributed by atoms with Gasteiger partial charge in [-0.3, -0.25) is 4.79 Å². The molecule has 0 aliphatic carbocycles. The Morgan fingerprint density at radius 1 is 1.50 bits per heavy atom. The molecule has 0 saturated heterocycles. The highest BCUT2D eigenvalue weighted by Gasteiger charge is 2.20. The normalized spacial score (nSPS) is 13.3. The van der Waals surface area contributed by atoms with Crippen LogP contribution in [0.25, 0.3) is 0 Å². The van der Waals surface area contributed by atoms with E-state index in [1.165, 1.54) is 19.1 Å². The number of rotatable bonds is 5. The molecule has 1 rings (SSSR count). The molecule has 0 aromatic heterocycles. The van der Waals surface area contributed by atoms with Crippen molar-refractivity contribution in [2.24, 2.45) is 0 Å². The van der Waals surface area contributed by atoms with E-state index in [1.54, 1.807) is 6.92 Å². The van der Waals surface area contributed by atoms with Gasteiger partial charge in [0.25, 0.3) is 0 Å². The molecule has 0 unspecified atom stereocenters. The summed E-state index contributed by atoms with van der Waals surface area (Å²) >= 11 is 0. The van der Waals surface area contributed by atoms with Crippen molar-refractivity contribution in [3.05, 3.63) is 35.1 Å². The van der Waals surface area contributed by atoms with Crippen LogP contribution in [0.4, 0.5) is 4.39 Å². The van der Waals surface area contributed by atoms with Crippen molar-refractivity contribution < 1.29 is 22.7 Å². The second kappa shape index (κ2) is 5.45. The molecule has 2 N–H and O–H groups in total. The van der Waals surface area contributed by atoms with Crippen molar-refractivity contribution in [3.8, 4) is 0 Å². The quantitative estimate of drug-likeness (QED) is 0.840. The van der Waals surface area contributed by atoms with E-state index in [0.717, 1.165) is 6.07 Å². The van der Waals surface area contributed by atoms with E-state index in [2.05, 4.69) is 0 Å². The van der Waals surface area contributed by atoms with E-state index in [-0.39, 0.29) is 5.56 Å². The molecule has 0 amide bonds. The summed E-state index contributed by atoms with van der Waals surface area (Å²) in [6.07, 6.45) is 0. The van der Waals surface area contributed by atoms with E-state index in [1.807, 2.05) is 4.72 Å². The maximum atomic E-state index is 13.2. The summed E-state index contributed by atoms with van der Waals surface area (Å²) in [5, 5.41) is 8.60. The summed E-state index contributed by atoms with van der Waals surface area (Å²) < 4.78 is 38.5. The average molecular weight is 275 g/mol. The zero-order valence-corrected chi connectivity index (χ0v) is 10.8. The first kappa shape index (κ1) is 14.6. The first-order valence-electron chi connectivity index (χ1n) is 5.19. The Balaban J connectivity index is 2.82. The summed E-state index contributed by atoms with van der Waals surface area (Å²) in [5.74, 6) is -2.22. The Bertz CT molecular complexity index is 556. The van der Waals surface area contributed by atoms with Gasteiger partial charge in [-0.05, 0) is 31.0 Å². The van der Waals surface area contributed by atoms with E-state index < -0.39 is 33.6 Å². The SMILES string of the molecule is Cc1ccc(CS(=O)(=O)N[C@@H](C)C(=O)O)cc1F. The molecule has 0 fully saturated rings. The largest absolute Gasteiger partial charge is 0.480 e. The number of nitrogens with one attached hydrogen (secondary N) is 1. The topological polar surface area (TPSA) is 83.5 Å². The highest BCUT2D eigenvalue weighted by Crippen LogP contribution is 2.11. The van der Waals surface area contributed by atoms with Crippen LogP contribution in [0.2, 0.25) is 0 Å². The van der Waals surface area contributed by atoms with Crippen LogP contribution in [0, 0.1) is 12.7 Å². The van der Waals surface area contributed by atoms with Crippen molar-refractivity contribution in [3.63, 3.8) is 0 Å². The van der Waals surface area contributed by atoms with Crippen LogP contribution in [-0.4, -0.2) is 25.5 Å². The van der Waals surface area contributed by atoms with Gasteiger partial charge in [-0.25, -0.2) is 17.5 Å². The molecule has 5 nitrogen and oxygen atoms in total. The number of aliphatic carboxylic acids is 1. The van der Waals surface area contributed by atoms with Crippen LogP contribution in [0.1, 0.15) is 18.1 Å². The minimum atomic E-state index is -3.81. The molecular weight excluding hydrogens is 261 g/mol. The number of halogens is 1. The van der Waals surface area contributed by atoms with Gasteiger partial charge in [0, 0.05) is 0 Å². The third-order valence-corrected chi connectivity index (χ3v) is 3.75. The monoisotopic (exact) mass is 275 g/mol. The van der Waals surface area contributed by atoms with E-state index in [9.17, 15) is 17.6 Å². The number of carboxylic acid groups (broad SMARTS) is 1. The van der Waals surface area contributed by atoms with Gasteiger partial charge >= 0.3 is 5.97 Å². The minimum absolute atomic E-state index is 0.267. The lowest BCUT2D eigenvalue weighted by atomic mass is 10.2. The molecule has 1 atom stereocenters. The van der Waals surface area contributed by atoms with Crippen LogP contribution in [0.5, 0.6) is 0 Å². The van der Waals surface area contributed by atoms with Crippen molar-refractivity contribution in [2.45, 2.75) is 25.6 Å². The van der Waals surface area contributed by atoms with E-state index in [4.69, 9.17) is 5.11 Å². The van der Waals surface area contributed by atoms with Gasteiger partial charge in [0.15, 0.2) is 0 Å². The number of sulfonamides is 1. The van der Waals surface area contributed by atoms with E-state index >= 15 is 0 Å². The summed E-state index contributed by atoms with van der Waals surface area (Å²) in [5.41, 5.74) is 0.686. The first-order chi connectivity index (χ1) is 8.21. The van der Waals surface area contributed by atoms with Crippen molar-refractivity contribution in [1.29, 1.82) is 0 Å². The predicted molar refractivity (Wildman–Crippen MR) is 64.0 cm³/mol. The Labute approximate surface area is 105 Å². The number of hydrogen-bond acceptors (Lipinski definition) is 3.